The lowest BCUT2D eigenvalue weighted by Crippen LogP contribution is -2.34. The maximum Gasteiger partial charge on any atom is 0.156 e. The summed E-state index contributed by atoms with van der Waals surface area (Å²) >= 11 is 0. The molecule has 0 amide bonds. The highest BCUT2D eigenvalue weighted by molar-refractivity contribution is 5.89. The summed E-state index contributed by atoms with van der Waals surface area (Å²) in [4.78, 5) is 12.4. The zero-order chi connectivity index (χ0) is 12.2. The molecule has 1 aliphatic rings. The molecule has 0 bridgehead atoms. The van der Waals surface area contributed by atoms with E-state index in [2.05, 4.69) is 19.9 Å². The van der Waals surface area contributed by atoms with Crippen LogP contribution in [0.5, 0.6) is 0 Å². The van der Waals surface area contributed by atoms with Crippen molar-refractivity contribution in [2.75, 3.05) is 0 Å². The number of Topliss-reactive ketones (excluding diaryl/α,β-unsaturated/α-hetero) is 1. The van der Waals surface area contributed by atoms with Gasteiger partial charge in [-0.2, -0.15) is 5.26 Å². The van der Waals surface area contributed by atoms with Crippen LogP contribution in [-0.4, -0.2) is 5.78 Å². The molecule has 0 aromatic rings. The Labute approximate surface area is 99.0 Å². The summed E-state index contributed by atoms with van der Waals surface area (Å²) in [5.74, 6) is 0.388. The fourth-order valence-electron chi connectivity index (χ4n) is 3.09. The normalized spacial score (nSPS) is 20.7. The van der Waals surface area contributed by atoms with Crippen LogP contribution in [0.15, 0.2) is 0 Å². The summed E-state index contributed by atoms with van der Waals surface area (Å²) in [6, 6.07) is 2.18. The summed E-state index contributed by atoms with van der Waals surface area (Å²) in [7, 11) is 0. The number of hydrogen-bond donors (Lipinski definition) is 0. The lowest BCUT2D eigenvalue weighted by atomic mass is 9.71. The highest BCUT2D eigenvalue weighted by Crippen LogP contribution is 2.45. The van der Waals surface area contributed by atoms with Gasteiger partial charge < -0.3 is 0 Å². The van der Waals surface area contributed by atoms with E-state index in [0.717, 1.165) is 32.1 Å². The minimum Gasteiger partial charge on any atom is -0.298 e. The third-order valence-corrected chi connectivity index (χ3v) is 3.76. The zero-order valence-corrected chi connectivity index (χ0v) is 10.8. The predicted molar refractivity (Wildman–Crippen MR) is 64.8 cm³/mol. The molecule has 1 fully saturated rings. The van der Waals surface area contributed by atoms with Crippen LogP contribution in [0.3, 0.4) is 0 Å². The van der Waals surface area contributed by atoms with Crippen LogP contribution < -0.4 is 0 Å². The molecule has 1 atom stereocenters. The van der Waals surface area contributed by atoms with Crippen LogP contribution in [-0.2, 0) is 4.79 Å². The van der Waals surface area contributed by atoms with E-state index in [9.17, 15) is 4.79 Å². The maximum atomic E-state index is 12.4. The third kappa shape index (κ3) is 2.64. The molecule has 16 heavy (non-hydrogen) atoms. The van der Waals surface area contributed by atoms with E-state index in [0.29, 0.717) is 12.3 Å². The molecular formula is C14H23NO. The first-order valence-electron chi connectivity index (χ1n) is 6.49. The van der Waals surface area contributed by atoms with Gasteiger partial charge in [-0.25, -0.2) is 0 Å². The molecule has 0 spiro atoms. The molecule has 1 saturated carbocycles. The Morgan fingerprint density at radius 3 is 2.31 bits per heavy atom. The minimum absolute atomic E-state index is 0.162. The van der Waals surface area contributed by atoms with Gasteiger partial charge in [0.05, 0.1) is 6.07 Å². The first kappa shape index (κ1) is 13.2. The van der Waals surface area contributed by atoms with E-state index < -0.39 is 0 Å². The molecule has 0 N–H and O–H groups in total. The fourth-order valence-corrected chi connectivity index (χ4v) is 3.09. The van der Waals surface area contributed by atoms with Gasteiger partial charge in [-0.15, -0.1) is 0 Å². The van der Waals surface area contributed by atoms with E-state index in [1.165, 1.54) is 0 Å². The Hall–Kier alpha value is -0.840. The molecule has 0 saturated heterocycles. The van der Waals surface area contributed by atoms with Crippen molar-refractivity contribution in [2.24, 2.45) is 17.3 Å². The van der Waals surface area contributed by atoms with E-state index in [1.807, 2.05) is 6.92 Å². The Balaban J connectivity index is 2.85. The topological polar surface area (TPSA) is 40.9 Å². The fraction of sp³-hybridized carbons (Fsp3) is 0.857. The van der Waals surface area contributed by atoms with E-state index in [4.69, 9.17) is 5.26 Å². The van der Waals surface area contributed by atoms with Crippen molar-refractivity contribution < 1.29 is 4.79 Å². The van der Waals surface area contributed by atoms with E-state index >= 15 is 0 Å². The predicted octanol–water partition coefficient (Wildman–Crippen LogP) is 3.71. The van der Waals surface area contributed by atoms with Gasteiger partial charge in [-0.05, 0) is 31.6 Å². The quantitative estimate of drug-likeness (QED) is 0.710. The van der Waals surface area contributed by atoms with Crippen molar-refractivity contribution >= 4 is 5.78 Å². The molecule has 1 rings (SSSR count). The van der Waals surface area contributed by atoms with Gasteiger partial charge in [0.25, 0.3) is 0 Å². The molecule has 0 heterocycles. The maximum absolute atomic E-state index is 12.4. The van der Waals surface area contributed by atoms with Crippen molar-refractivity contribution in [3.8, 4) is 6.07 Å². The van der Waals surface area contributed by atoms with Crippen LogP contribution in [0, 0.1) is 28.6 Å². The SMILES string of the molecule is CCC(C#N)C(=O)C1(CC(C)C)CCCC1. The monoisotopic (exact) mass is 221 g/mol. The number of ketones is 1. The van der Waals surface area contributed by atoms with Crippen LogP contribution in [0.4, 0.5) is 0 Å². The second-order valence-electron chi connectivity index (χ2n) is 5.54. The number of rotatable bonds is 5. The number of nitriles is 1. The van der Waals surface area contributed by atoms with Gasteiger partial charge in [0.1, 0.15) is 5.92 Å². The lowest BCUT2D eigenvalue weighted by molar-refractivity contribution is -0.132. The summed E-state index contributed by atoms with van der Waals surface area (Å²) < 4.78 is 0. The summed E-state index contributed by atoms with van der Waals surface area (Å²) in [6.07, 6.45) is 5.93. The molecular weight excluding hydrogens is 198 g/mol. The van der Waals surface area contributed by atoms with Crippen LogP contribution in [0.25, 0.3) is 0 Å². The van der Waals surface area contributed by atoms with Crippen molar-refractivity contribution in [3.63, 3.8) is 0 Å². The molecule has 0 aromatic carbocycles. The smallest absolute Gasteiger partial charge is 0.156 e. The first-order valence-corrected chi connectivity index (χ1v) is 6.49. The zero-order valence-electron chi connectivity index (χ0n) is 10.8. The first-order chi connectivity index (χ1) is 7.55. The van der Waals surface area contributed by atoms with Gasteiger partial charge >= 0.3 is 0 Å². The van der Waals surface area contributed by atoms with Gasteiger partial charge in [-0.1, -0.05) is 33.6 Å². The molecule has 90 valence electrons. The Morgan fingerprint density at radius 2 is 1.94 bits per heavy atom. The highest BCUT2D eigenvalue weighted by Gasteiger charge is 2.43. The number of carbonyl (C=O) groups is 1. The Morgan fingerprint density at radius 1 is 1.38 bits per heavy atom. The lowest BCUT2D eigenvalue weighted by Gasteiger charge is -2.30. The van der Waals surface area contributed by atoms with Crippen molar-refractivity contribution in [1.29, 1.82) is 5.26 Å². The summed E-state index contributed by atoms with van der Waals surface area (Å²) in [5, 5.41) is 9.03. The average molecular weight is 221 g/mol. The summed E-state index contributed by atoms with van der Waals surface area (Å²) in [5.41, 5.74) is -0.162. The molecule has 0 aliphatic heterocycles. The number of nitrogens with zero attached hydrogens (tertiary/aromatic N) is 1. The summed E-state index contributed by atoms with van der Waals surface area (Å²) in [6.45, 7) is 6.27. The van der Waals surface area contributed by atoms with Crippen LogP contribution in [0.1, 0.15) is 59.3 Å². The molecule has 0 aromatic heterocycles. The molecule has 1 unspecified atom stereocenters. The van der Waals surface area contributed by atoms with E-state index in [-0.39, 0.29) is 17.1 Å². The van der Waals surface area contributed by atoms with Gasteiger partial charge in [0.15, 0.2) is 5.78 Å². The van der Waals surface area contributed by atoms with Gasteiger partial charge in [0.2, 0.25) is 0 Å². The van der Waals surface area contributed by atoms with Crippen molar-refractivity contribution in [3.05, 3.63) is 0 Å². The van der Waals surface area contributed by atoms with Crippen molar-refractivity contribution in [1.82, 2.24) is 0 Å². The average Bonchev–Trinajstić information content (AvgIpc) is 2.68. The van der Waals surface area contributed by atoms with Crippen LogP contribution in [0.2, 0.25) is 0 Å². The molecule has 0 radical (unpaired) electrons. The number of hydrogen-bond acceptors (Lipinski definition) is 2. The second-order valence-corrected chi connectivity index (χ2v) is 5.54. The van der Waals surface area contributed by atoms with Crippen molar-refractivity contribution in [2.45, 2.75) is 59.3 Å². The second kappa shape index (κ2) is 5.48. The largest absolute Gasteiger partial charge is 0.298 e. The minimum atomic E-state index is -0.378. The Kier molecular flexibility index (Phi) is 4.53. The molecule has 1 aliphatic carbocycles. The number of carbonyl (C=O) groups excluding carboxylic acids is 1. The van der Waals surface area contributed by atoms with Crippen LogP contribution >= 0.6 is 0 Å². The van der Waals surface area contributed by atoms with Gasteiger partial charge in [0, 0.05) is 5.41 Å². The molecule has 2 nitrogen and oxygen atoms in total. The third-order valence-electron chi connectivity index (χ3n) is 3.76. The molecule has 2 heteroatoms. The standard InChI is InChI=1S/C14H23NO/c1-4-12(10-15)13(16)14(9-11(2)3)7-5-6-8-14/h11-12H,4-9H2,1-3H3. The Bertz CT molecular complexity index is 282. The highest BCUT2D eigenvalue weighted by atomic mass is 16.1. The van der Waals surface area contributed by atoms with Gasteiger partial charge in [-0.3, -0.25) is 4.79 Å². The van der Waals surface area contributed by atoms with E-state index in [1.54, 1.807) is 0 Å².